The Morgan fingerprint density at radius 2 is 2.00 bits per heavy atom. The second kappa shape index (κ2) is 5.16. The van der Waals surface area contributed by atoms with Gasteiger partial charge in [-0.1, -0.05) is 35.5 Å². The smallest absolute Gasteiger partial charge is 0.251 e. The molecular weight excluding hydrogens is 170 g/mol. The minimum absolute atomic E-state index is 0.0798. The van der Waals surface area contributed by atoms with Crippen molar-refractivity contribution >= 4 is 5.90 Å². The Kier molecular flexibility index (Phi) is 3.78. The van der Waals surface area contributed by atoms with Crippen molar-refractivity contribution in [1.82, 2.24) is 0 Å². The molecule has 0 heterocycles. The van der Waals surface area contributed by atoms with Crippen molar-refractivity contribution in [3.8, 4) is 0 Å². The van der Waals surface area contributed by atoms with E-state index in [9.17, 15) is 0 Å². The predicted molar refractivity (Wildman–Crippen MR) is 47.5 cm³/mol. The number of oxime groups is 1. The average Bonchev–Trinajstić information content (AvgIpc) is 2.21. The zero-order valence-electron chi connectivity index (χ0n) is 7.05. The first-order valence-corrected chi connectivity index (χ1v) is 3.85. The van der Waals surface area contributed by atoms with E-state index < -0.39 is 6.61 Å². The zero-order valence-corrected chi connectivity index (χ0v) is 7.05. The lowest BCUT2D eigenvalue weighted by atomic mass is 10.2. The summed E-state index contributed by atoms with van der Waals surface area (Å²) in [5.74, 6) is -0.0798. The van der Waals surface area contributed by atoms with Crippen LogP contribution in [0.1, 0.15) is 5.56 Å². The van der Waals surface area contributed by atoms with Crippen LogP contribution in [0, 0.1) is 0 Å². The van der Waals surface area contributed by atoms with E-state index in [4.69, 9.17) is 15.1 Å². The first-order valence-electron chi connectivity index (χ1n) is 3.85. The molecule has 1 aromatic carbocycles. The van der Waals surface area contributed by atoms with E-state index in [0.717, 1.165) is 5.56 Å². The van der Waals surface area contributed by atoms with Crippen LogP contribution in [0.5, 0.6) is 0 Å². The molecule has 0 aliphatic rings. The monoisotopic (exact) mass is 181 g/mol. The summed E-state index contributed by atoms with van der Waals surface area (Å²) in [6.07, 6.45) is 0. The van der Waals surface area contributed by atoms with Crippen molar-refractivity contribution in [3.05, 3.63) is 35.9 Å². The third kappa shape index (κ3) is 3.13. The third-order valence-corrected chi connectivity index (χ3v) is 1.50. The second-order valence-corrected chi connectivity index (χ2v) is 2.43. The molecule has 1 rings (SSSR count). The summed E-state index contributed by atoms with van der Waals surface area (Å²) >= 11 is 0. The van der Waals surface area contributed by atoms with Gasteiger partial charge < -0.3 is 15.1 Å². The molecule has 1 aromatic rings. The van der Waals surface area contributed by atoms with E-state index in [1.165, 1.54) is 0 Å². The Morgan fingerprint density at radius 3 is 2.54 bits per heavy atom. The quantitative estimate of drug-likeness (QED) is 0.316. The van der Waals surface area contributed by atoms with Crippen LogP contribution in [-0.2, 0) is 11.3 Å². The third-order valence-electron chi connectivity index (χ3n) is 1.50. The van der Waals surface area contributed by atoms with Gasteiger partial charge in [0.1, 0.15) is 13.2 Å². The number of hydrogen-bond donors (Lipinski definition) is 2. The summed E-state index contributed by atoms with van der Waals surface area (Å²) in [6, 6.07) is 9.43. The van der Waals surface area contributed by atoms with Gasteiger partial charge in [-0.2, -0.15) is 0 Å². The van der Waals surface area contributed by atoms with Crippen LogP contribution in [0.3, 0.4) is 0 Å². The molecule has 4 nitrogen and oxygen atoms in total. The number of nitrogens with zero attached hydrogens (tertiary/aromatic N) is 1. The van der Waals surface area contributed by atoms with Gasteiger partial charge in [0.05, 0.1) is 0 Å². The molecule has 2 N–H and O–H groups in total. The van der Waals surface area contributed by atoms with E-state index in [-0.39, 0.29) is 5.90 Å². The molecular formula is C9H11NO3. The van der Waals surface area contributed by atoms with Crippen LogP contribution < -0.4 is 0 Å². The average molecular weight is 181 g/mol. The van der Waals surface area contributed by atoms with E-state index in [1.807, 2.05) is 30.3 Å². The minimum atomic E-state index is -0.399. The van der Waals surface area contributed by atoms with Gasteiger partial charge >= 0.3 is 0 Å². The van der Waals surface area contributed by atoms with Gasteiger partial charge in [0.25, 0.3) is 5.90 Å². The van der Waals surface area contributed by atoms with Gasteiger partial charge in [-0.3, -0.25) is 0 Å². The largest absolute Gasteiger partial charge is 0.472 e. The summed E-state index contributed by atoms with van der Waals surface area (Å²) in [4.78, 5) is 0. The van der Waals surface area contributed by atoms with E-state index in [0.29, 0.717) is 6.61 Å². The number of benzene rings is 1. The molecule has 13 heavy (non-hydrogen) atoms. The first kappa shape index (κ1) is 9.54. The number of aliphatic hydroxyl groups excluding tert-OH is 1. The van der Waals surface area contributed by atoms with E-state index >= 15 is 0 Å². The van der Waals surface area contributed by atoms with Crippen LogP contribution >= 0.6 is 0 Å². The molecule has 0 unspecified atom stereocenters. The Balaban J connectivity index is 2.43. The van der Waals surface area contributed by atoms with Crippen LogP contribution in [0.25, 0.3) is 0 Å². The first-order chi connectivity index (χ1) is 6.36. The minimum Gasteiger partial charge on any atom is -0.472 e. The highest BCUT2D eigenvalue weighted by molar-refractivity contribution is 5.76. The molecule has 0 fully saturated rings. The van der Waals surface area contributed by atoms with E-state index in [2.05, 4.69) is 5.16 Å². The fourth-order valence-corrected chi connectivity index (χ4v) is 0.847. The SMILES string of the molecule is OC/C(=N/O)OCc1ccccc1. The molecule has 0 aliphatic carbocycles. The van der Waals surface area contributed by atoms with Crippen molar-refractivity contribution in [2.45, 2.75) is 6.61 Å². The van der Waals surface area contributed by atoms with Gasteiger partial charge in [-0.05, 0) is 5.56 Å². The molecule has 0 atom stereocenters. The van der Waals surface area contributed by atoms with Gasteiger partial charge in [-0.15, -0.1) is 0 Å². The second-order valence-electron chi connectivity index (χ2n) is 2.43. The summed E-state index contributed by atoms with van der Waals surface area (Å²) in [5.41, 5.74) is 0.956. The molecule has 4 heteroatoms. The lowest BCUT2D eigenvalue weighted by Gasteiger charge is -2.04. The van der Waals surface area contributed by atoms with Crippen molar-refractivity contribution in [2.75, 3.05) is 6.61 Å². The van der Waals surface area contributed by atoms with Gasteiger partial charge in [-0.25, -0.2) is 0 Å². The lowest BCUT2D eigenvalue weighted by molar-refractivity contribution is 0.212. The number of rotatable bonds is 3. The molecule has 0 spiro atoms. The molecule has 0 amide bonds. The van der Waals surface area contributed by atoms with Gasteiger partial charge in [0.2, 0.25) is 0 Å². The Labute approximate surface area is 76.1 Å². The molecule has 0 aromatic heterocycles. The lowest BCUT2D eigenvalue weighted by Crippen LogP contribution is -2.09. The number of aliphatic hydroxyl groups is 1. The highest BCUT2D eigenvalue weighted by atomic mass is 16.5. The number of ether oxygens (including phenoxy) is 1. The highest BCUT2D eigenvalue weighted by Crippen LogP contribution is 2.00. The summed E-state index contributed by atoms with van der Waals surface area (Å²) in [5, 5.41) is 19.7. The number of hydrogen-bond acceptors (Lipinski definition) is 4. The molecule has 0 saturated heterocycles. The summed E-state index contributed by atoms with van der Waals surface area (Å²) < 4.78 is 4.98. The van der Waals surface area contributed by atoms with Crippen LogP contribution in [0.4, 0.5) is 0 Å². The highest BCUT2D eigenvalue weighted by Gasteiger charge is 1.98. The molecule has 70 valence electrons. The Morgan fingerprint density at radius 1 is 1.31 bits per heavy atom. The molecule has 0 bridgehead atoms. The van der Waals surface area contributed by atoms with E-state index in [1.54, 1.807) is 0 Å². The van der Waals surface area contributed by atoms with Crippen molar-refractivity contribution < 1.29 is 15.1 Å². The maximum absolute atomic E-state index is 8.59. The Hall–Kier alpha value is -1.55. The topological polar surface area (TPSA) is 62.1 Å². The molecule has 0 saturated carbocycles. The Bertz CT molecular complexity index is 271. The van der Waals surface area contributed by atoms with Gasteiger partial charge in [0, 0.05) is 0 Å². The maximum Gasteiger partial charge on any atom is 0.251 e. The fourth-order valence-electron chi connectivity index (χ4n) is 0.847. The van der Waals surface area contributed by atoms with Crippen LogP contribution in [-0.4, -0.2) is 22.8 Å². The van der Waals surface area contributed by atoms with Crippen LogP contribution in [0.15, 0.2) is 35.5 Å². The van der Waals surface area contributed by atoms with Crippen molar-refractivity contribution in [1.29, 1.82) is 0 Å². The normalized spacial score (nSPS) is 11.3. The predicted octanol–water partition coefficient (Wildman–Crippen LogP) is 0.983. The van der Waals surface area contributed by atoms with Crippen LogP contribution in [0.2, 0.25) is 0 Å². The standard InChI is InChI=1S/C9H11NO3/c11-6-9(10-12)13-7-8-4-2-1-3-5-8/h1-5,11-12H,6-7H2/b10-9-. The maximum atomic E-state index is 8.59. The summed E-state index contributed by atoms with van der Waals surface area (Å²) in [6.45, 7) is -0.107. The molecule has 0 radical (unpaired) electrons. The zero-order chi connectivity index (χ0) is 9.52. The summed E-state index contributed by atoms with van der Waals surface area (Å²) in [7, 11) is 0. The van der Waals surface area contributed by atoms with Crippen molar-refractivity contribution in [2.24, 2.45) is 5.16 Å². The molecule has 0 aliphatic heterocycles. The fraction of sp³-hybridized carbons (Fsp3) is 0.222. The van der Waals surface area contributed by atoms with Crippen molar-refractivity contribution in [3.63, 3.8) is 0 Å². The van der Waals surface area contributed by atoms with Gasteiger partial charge in [0.15, 0.2) is 0 Å².